The molecule has 0 saturated carbocycles. The van der Waals surface area contributed by atoms with Crippen LogP contribution in [-0.4, -0.2) is 15.2 Å². The first-order valence-corrected chi connectivity index (χ1v) is 6.39. The van der Waals surface area contributed by atoms with Crippen molar-refractivity contribution in [3.05, 3.63) is 40.5 Å². The summed E-state index contributed by atoms with van der Waals surface area (Å²) in [4.78, 5) is 4.13. The molecule has 5 nitrogen and oxygen atoms in total. The van der Waals surface area contributed by atoms with Crippen molar-refractivity contribution in [2.24, 2.45) is 0 Å². The van der Waals surface area contributed by atoms with E-state index in [4.69, 9.17) is 20.9 Å². The maximum absolute atomic E-state index is 9.44. The van der Waals surface area contributed by atoms with Crippen LogP contribution in [0.5, 0.6) is 5.75 Å². The zero-order valence-electron chi connectivity index (χ0n) is 10.8. The Hall–Kier alpha value is -1.59. The number of hydrogen-bond acceptors (Lipinski definition) is 5. The molecular formula is C13H15ClN2O3. The summed E-state index contributed by atoms with van der Waals surface area (Å²) in [5.41, 5.74) is 0.741. The van der Waals surface area contributed by atoms with Gasteiger partial charge in [-0.15, -0.1) is 0 Å². The number of nitrogens with zero attached hydrogens (tertiary/aromatic N) is 2. The average Bonchev–Trinajstić information content (AvgIpc) is 2.85. The minimum absolute atomic E-state index is 0.192. The van der Waals surface area contributed by atoms with Gasteiger partial charge in [0.1, 0.15) is 5.75 Å². The van der Waals surface area contributed by atoms with Gasteiger partial charge >= 0.3 is 0 Å². The standard InChI is InChI=1S/C13H15ClN2O3/c1-3-13-15-12(16-19-13)7-18-11-5-4-9(8(2)17)6-10(11)14/h4-6,8,17H,3,7H2,1-2H3/t8-/m1/s1. The lowest BCUT2D eigenvalue weighted by Gasteiger charge is -2.09. The summed E-state index contributed by atoms with van der Waals surface area (Å²) < 4.78 is 10.5. The highest BCUT2D eigenvalue weighted by Gasteiger charge is 2.09. The lowest BCUT2D eigenvalue weighted by Crippen LogP contribution is -1.99. The van der Waals surface area contributed by atoms with Gasteiger partial charge in [0.2, 0.25) is 11.7 Å². The van der Waals surface area contributed by atoms with Gasteiger partial charge in [0, 0.05) is 6.42 Å². The lowest BCUT2D eigenvalue weighted by molar-refractivity contribution is 0.199. The van der Waals surface area contributed by atoms with Crippen molar-refractivity contribution in [1.82, 2.24) is 10.1 Å². The number of aryl methyl sites for hydroxylation is 1. The third kappa shape index (κ3) is 3.45. The second-order valence-electron chi connectivity index (χ2n) is 4.11. The van der Waals surface area contributed by atoms with E-state index in [1.807, 2.05) is 6.92 Å². The quantitative estimate of drug-likeness (QED) is 0.913. The van der Waals surface area contributed by atoms with Crippen LogP contribution in [0.4, 0.5) is 0 Å². The summed E-state index contributed by atoms with van der Waals surface area (Å²) in [6.07, 6.45) is 0.132. The molecular weight excluding hydrogens is 268 g/mol. The Bertz CT molecular complexity index is 555. The fourth-order valence-electron chi connectivity index (χ4n) is 1.53. The second-order valence-corrected chi connectivity index (χ2v) is 4.52. The van der Waals surface area contributed by atoms with Crippen LogP contribution in [0.15, 0.2) is 22.7 Å². The van der Waals surface area contributed by atoms with Gasteiger partial charge in [0.15, 0.2) is 6.61 Å². The van der Waals surface area contributed by atoms with Gasteiger partial charge in [-0.25, -0.2) is 0 Å². The molecule has 0 aliphatic heterocycles. The molecule has 1 aromatic carbocycles. The van der Waals surface area contributed by atoms with E-state index in [1.165, 1.54) is 0 Å². The van der Waals surface area contributed by atoms with Crippen molar-refractivity contribution < 1.29 is 14.4 Å². The predicted octanol–water partition coefficient (Wildman–Crippen LogP) is 2.92. The zero-order valence-corrected chi connectivity index (χ0v) is 11.5. The maximum Gasteiger partial charge on any atom is 0.226 e. The minimum Gasteiger partial charge on any atom is -0.484 e. The summed E-state index contributed by atoms with van der Waals surface area (Å²) in [7, 11) is 0. The highest BCUT2D eigenvalue weighted by molar-refractivity contribution is 6.32. The number of halogens is 1. The molecule has 6 heteroatoms. The molecule has 0 spiro atoms. The van der Waals surface area contributed by atoms with Gasteiger partial charge in [-0.2, -0.15) is 4.98 Å². The highest BCUT2D eigenvalue weighted by Crippen LogP contribution is 2.28. The maximum atomic E-state index is 9.44. The first-order valence-electron chi connectivity index (χ1n) is 6.02. The Morgan fingerprint density at radius 3 is 2.84 bits per heavy atom. The molecule has 1 heterocycles. The summed E-state index contributed by atoms with van der Waals surface area (Å²) in [6.45, 7) is 3.80. The number of aliphatic hydroxyl groups is 1. The van der Waals surface area contributed by atoms with E-state index >= 15 is 0 Å². The highest BCUT2D eigenvalue weighted by atomic mass is 35.5. The van der Waals surface area contributed by atoms with E-state index in [0.717, 1.165) is 5.56 Å². The predicted molar refractivity (Wildman–Crippen MR) is 70.1 cm³/mol. The van der Waals surface area contributed by atoms with Gasteiger partial charge in [-0.1, -0.05) is 29.7 Å². The Kier molecular flexibility index (Phi) is 4.39. The first-order chi connectivity index (χ1) is 9.10. The molecule has 0 radical (unpaired) electrons. The van der Waals surface area contributed by atoms with E-state index in [1.54, 1.807) is 25.1 Å². The number of benzene rings is 1. The average molecular weight is 283 g/mol. The van der Waals surface area contributed by atoms with Gasteiger partial charge in [-0.3, -0.25) is 0 Å². The number of ether oxygens (including phenoxy) is 1. The molecule has 1 atom stereocenters. The van der Waals surface area contributed by atoms with Crippen LogP contribution < -0.4 is 4.74 Å². The van der Waals surface area contributed by atoms with E-state index < -0.39 is 6.10 Å². The summed E-state index contributed by atoms with van der Waals surface area (Å²) in [5.74, 6) is 1.58. The molecule has 2 aromatic rings. The van der Waals surface area contributed by atoms with Crippen LogP contribution >= 0.6 is 11.6 Å². The van der Waals surface area contributed by atoms with E-state index in [2.05, 4.69) is 10.1 Å². The molecule has 1 aromatic heterocycles. The number of aliphatic hydroxyl groups excluding tert-OH is 1. The SMILES string of the molecule is CCc1nc(COc2ccc([C@@H](C)O)cc2Cl)no1. The summed E-state index contributed by atoms with van der Waals surface area (Å²) >= 11 is 6.07. The molecule has 0 unspecified atom stereocenters. The van der Waals surface area contributed by atoms with Gasteiger partial charge in [-0.05, 0) is 24.6 Å². The van der Waals surface area contributed by atoms with Crippen LogP contribution in [0.3, 0.4) is 0 Å². The third-order valence-corrected chi connectivity index (χ3v) is 2.90. The van der Waals surface area contributed by atoms with Crippen molar-refractivity contribution in [3.63, 3.8) is 0 Å². The van der Waals surface area contributed by atoms with Gasteiger partial charge in [0.25, 0.3) is 0 Å². The Labute approximate surface area is 116 Å². The summed E-state index contributed by atoms with van der Waals surface area (Å²) in [6, 6.07) is 5.15. The van der Waals surface area contributed by atoms with Crippen molar-refractivity contribution in [2.75, 3.05) is 0 Å². The van der Waals surface area contributed by atoms with Crippen molar-refractivity contribution in [3.8, 4) is 5.75 Å². The number of hydrogen-bond donors (Lipinski definition) is 1. The van der Waals surface area contributed by atoms with E-state index in [9.17, 15) is 5.11 Å². The molecule has 19 heavy (non-hydrogen) atoms. The van der Waals surface area contributed by atoms with Crippen molar-refractivity contribution in [1.29, 1.82) is 0 Å². The van der Waals surface area contributed by atoms with Crippen LogP contribution in [0.2, 0.25) is 5.02 Å². The van der Waals surface area contributed by atoms with Crippen LogP contribution in [0, 0.1) is 0 Å². The molecule has 0 saturated heterocycles. The number of rotatable bonds is 5. The Morgan fingerprint density at radius 2 is 2.26 bits per heavy atom. The minimum atomic E-state index is -0.559. The third-order valence-electron chi connectivity index (χ3n) is 2.61. The van der Waals surface area contributed by atoms with Gasteiger partial charge < -0.3 is 14.4 Å². The van der Waals surface area contributed by atoms with E-state index in [-0.39, 0.29) is 6.61 Å². The van der Waals surface area contributed by atoms with Crippen LogP contribution in [0.25, 0.3) is 0 Å². The largest absolute Gasteiger partial charge is 0.484 e. The topological polar surface area (TPSA) is 68.4 Å². The van der Waals surface area contributed by atoms with Gasteiger partial charge in [0.05, 0.1) is 11.1 Å². The second kappa shape index (κ2) is 6.04. The lowest BCUT2D eigenvalue weighted by atomic mass is 10.1. The summed E-state index contributed by atoms with van der Waals surface area (Å²) in [5, 5.41) is 13.7. The van der Waals surface area contributed by atoms with E-state index in [0.29, 0.717) is 28.9 Å². The van der Waals surface area contributed by atoms with Crippen molar-refractivity contribution in [2.45, 2.75) is 33.0 Å². The van der Waals surface area contributed by atoms with Crippen LogP contribution in [-0.2, 0) is 13.0 Å². The first kappa shape index (κ1) is 13.8. The Balaban J connectivity index is 2.03. The Morgan fingerprint density at radius 1 is 1.47 bits per heavy atom. The zero-order chi connectivity index (χ0) is 13.8. The molecule has 0 fully saturated rings. The van der Waals surface area contributed by atoms with Crippen LogP contribution in [0.1, 0.15) is 37.2 Å². The molecule has 1 N–H and O–H groups in total. The molecule has 2 rings (SSSR count). The fourth-order valence-corrected chi connectivity index (χ4v) is 1.77. The molecule has 102 valence electrons. The molecule has 0 aliphatic rings. The monoisotopic (exact) mass is 282 g/mol. The molecule has 0 aliphatic carbocycles. The van der Waals surface area contributed by atoms with Crippen molar-refractivity contribution >= 4 is 11.6 Å². The molecule has 0 amide bonds. The smallest absolute Gasteiger partial charge is 0.226 e. The number of aromatic nitrogens is 2. The fraction of sp³-hybridized carbons (Fsp3) is 0.385. The normalized spacial score (nSPS) is 12.4. The molecule has 0 bridgehead atoms.